The van der Waals surface area contributed by atoms with Crippen molar-refractivity contribution in [1.29, 1.82) is 0 Å². The predicted molar refractivity (Wildman–Crippen MR) is 95.7 cm³/mol. The maximum Gasteiger partial charge on any atom is 0.220 e. The molecule has 1 fully saturated rings. The lowest BCUT2D eigenvalue weighted by molar-refractivity contribution is -0.122. The summed E-state index contributed by atoms with van der Waals surface area (Å²) in [6.07, 6.45) is 5.65. The highest BCUT2D eigenvalue weighted by Crippen LogP contribution is 2.27. The van der Waals surface area contributed by atoms with Crippen molar-refractivity contribution in [2.24, 2.45) is 5.92 Å². The van der Waals surface area contributed by atoms with Crippen LogP contribution in [0.5, 0.6) is 0 Å². The summed E-state index contributed by atoms with van der Waals surface area (Å²) in [5, 5.41) is 7.74. The van der Waals surface area contributed by atoms with Gasteiger partial charge in [-0.15, -0.1) is 0 Å². The van der Waals surface area contributed by atoms with E-state index in [2.05, 4.69) is 29.5 Å². The van der Waals surface area contributed by atoms with E-state index in [0.717, 1.165) is 23.5 Å². The molecule has 0 atom stereocenters. The average molecular weight is 325 g/mol. The van der Waals surface area contributed by atoms with Gasteiger partial charge in [-0.05, 0) is 38.2 Å². The summed E-state index contributed by atoms with van der Waals surface area (Å²) >= 11 is 0. The van der Waals surface area contributed by atoms with Crippen LogP contribution in [0, 0.1) is 19.8 Å². The molecule has 4 heteroatoms. The number of amides is 1. The van der Waals surface area contributed by atoms with Crippen molar-refractivity contribution in [2.75, 3.05) is 0 Å². The monoisotopic (exact) mass is 325 g/mol. The number of carbonyl (C=O) groups excluding carboxylic acids is 1. The molecule has 1 aliphatic carbocycles. The molecule has 0 spiro atoms. The van der Waals surface area contributed by atoms with Gasteiger partial charge in [0.15, 0.2) is 0 Å². The Kier molecular flexibility index (Phi) is 5.34. The fourth-order valence-corrected chi connectivity index (χ4v) is 3.64. The van der Waals surface area contributed by atoms with Gasteiger partial charge < -0.3 is 5.32 Å². The molecule has 1 aromatic heterocycles. The van der Waals surface area contributed by atoms with Crippen LogP contribution in [0.4, 0.5) is 0 Å². The summed E-state index contributed by atoms with van der Waals surface area (Å²) in [5.74, 6) is 0.768. The second-order valence-electron chi connectivity index (χ2n) is 6.92. The normalized spacial score (nSPS) is 14.9. The molecule has 1 aliphatic rings. The molecule has 0 bridgehead atoms. The fraction of sp³-hybridized carbons (Fsp3) is 0.500. The van der Waals surface area contributed by atoms with E-state index < -0.39 is 0 Å². The molecule has 1 aromatic carbocycles. The molecule has 4 nitrogen and oxygen atoms in total. The molecule has 0 unspecified atom stereocenters. The Labute approximate surface area is 144 Å². The molecule has 1 heterocycles. The smallest absolute Gasteiger partial charge is 0.220 e. The first-order chi connectivity index (χ1) is 11.6. The Balaban J connectivity index is 1.60. The minimum Gasteiger partial charge on any atom is -0.352 e. The highest BCUT2D eigenvalue weighted by atomic mass is 16.1. The summed E-state index contributed by atoms with van der Waals surface area (Å²) in [7, 11) is 0. The van der Waals surface area contributed by atoms with E-state index in [-0.39, 0.29) is 5.91 Å². The van der Waals surface area contributed by atoms with Gasteiger partial charge in [0.1, 0.15) is 0 Å². The van der Waals surface area contributed by atoms with Crippen LogP contribution in [0.3, 0.4) is 0 Å². The summed E-state index contributed by atoms with van der Waals surface area (Å²) in [6, 6.07) is 10.3. The first kappa shape index (κ1) is 16.7. The van der Waals surface area contributed by atoms with E-state index >= 15 is 0 Å². The van der Waals surface area contributed by atoms with Crippen LogP contribution in [-0.2, 0) is 17.9 Å². The van der Waals surface area contributed by atoms with Crippen molar-refractivity contribution in [1.82, 2.24) is 15.1 Å². The molecular formula is C20H27N3O. The van der Waals surface area contributed by atoms with Gasteiger partial charge >= 0.3 is 0 Å². The van der Waals surface area contributed by atoms with E-state index in [9.17, 15) is 4.79 Å². The number of aromatic nitrogens is 2. The largest absolute Gasteiger partial charge is 0.352 e. The van der Waals surface area contributed by atoms with E-state index in [1.165, 1.54) is 31.2 Å². The summed E-state index contributed by atoms with van der Waals surface area (Å²) in [4.78, 5) is 12.2. The quantitative estimate of drug-likeness (QED) is 0.879. The first-order valence-electron chi connectivity index (χ1n) is 8.97. The Morgan fingerprint density at radius 1 is 1.21 bits per heavy atom. The van der Waals surface area contributed by atoms with Crippen molar-refractivity contribution in [2.45, 2.75) is 59.0 Å². The minimum atomic E-state index is 0.177. The third-order valence-corrected chi connectivity index (χ3v) is 5.12. The van der Waals surface area contributed by atoms with Crippen LogP contribution in [-0.4, -0.2) is 15.7 Å². The highest BCUT2D eigenvalue weighted by molar-refractivity contribution is 5.76. The summed E-state index contributed by atoms with van der Waals surface area (Å²) in [5.41, 5.74) is 4.52. The number of nitrogens with one attached hydrogen (secondary N) is 1. The second kappa shape index (κ2) is 7.65. The number of hydrogen-bond acceptors (Lipinski definition) is 2. The maximum atomic E-state index is 12.2. The molecular weight excluding hydrogens is 298 g/mol. The third kappa shape index (κ3) is 4.05. The predicted octanol–water partition coefficient (Wildman–Crippen LogP) is 3.74. The van der Waals surface area contributed by atoms with Crippen LogP contribution in [0.1, 0.15) is 54.6 Å². The van der Waals surface area contributed by atoms with E-state index in [0.29, 0.717) is 18.9 Å². The zero-order chi connectivity index (χ0) is 16.9. The lowest BCUT2D eigenvalue weighted by atomic mass is 10.0. The third-order valence-electron chi connectivity index (χ3n) is 5.12. The summed E-state index contributed by atoms with van der Waals surface area (Å²) < 4.78 is 2.03. The molecule has 1 amide bonds. The van der Waals surface area contributed by atoms with E-state index in [4.69, 9.17) is 0 Å². The van der Waals surface area contributed by atoms with Gasteiger partial charge in [-0.1, -0.05) is 43.2 Å². The molecule has 2 aromatic rings. The number of benzene rings is 1. The Bertz CT molecular complexity index is 684. The highest BCUT2D eigenvalue weighted by Gasteiger charge is 2.19. The molecule has 0 aliphatic heterocycles. The van der Waals surface area contributed by atoms with Crippen LogP contribution in [0.2, 0.25) is 0 Å². The number of rotatable bonds is 6. The van der Waals surface area contributed by atoms with Gasteiger partial charge in [0.05, 0.1) is 12.2 Å². The summed E-state index contributed by atoms with van der Waals surface area (Å²) in [6.45, 7) is 5.45. The second-order valence-corrected chi connectivity index (χ2v) is 6.92. The van der Waals surface area contributed by atoms with Gasteiger partial charge in [-0.25, -0.2) is 0 Å². The molecule has 3 rings (SSSR count). The van der Waals surface area contributed by atoms with Crippen molar-refractivity contribution in [3.05, 3.63) is 52.8 Å². The topological polar surface area (TPSA) is 46.9 Å². The Morgan fingerprint density at radius 3 is 2.62 bits per heavy atom. The minimum absolute atomic E-state index is 0.177. The van der Waals surface area contributed by atoms with Gasteiger partial charge in [0.25, 0.3) is 0 Å². The molecule has 0 saturated heterocycles. The van der Waals surface area contributed by atoms with Crippen LogP contribution >= 0.6 is 0 Å². The SMILES string of the molecule is Cc1nn(Cc2ccccc2)c(C)c1CNC(=O)CC1CCCC1. The number of aryl methyl sites for hydroxylation is 1. The van der Waals surface area contributed by atoms with Gasteiger partial charge in [0, 0.05) is 24.2 Å². The standard InChI is InChI=1S/C20H27N3O/c1-15-19(13-21-20(24)12-17-8-6-7-9-17)16(2)23(22-15)14-18-10-4-3-5-11-18/h3-5,10-11,17H,6-9,12-14H2,1-2H3,(H,21,24). The molecule has 0 radical (unpaired) electrons. The molecule has 24 heavy (non-hydrogen) atoms. The molecule has 1 saturated carbocycles. The van der Waals surface area contributed by atoms with Crippen LogP contribution < -0.4 is 5.32 Å². The average Bonchev–Trinajstić information content (AvgIpc) is 3.16. The molecule has 1 N–H and O–H groups in total. The van der Waals surface area contributed by atoms with E-state index in [1.807, 2.05) is 29.8 Å². The lowest BCUT2D eigenvalue weighted by Crippen LogP contribution is -2.25. The Morgan fingerprint density at radius 2 is 1.92 bits per heavy atom. The van der Waals surface area contributed by atoms with Crippen LogP contribution in [0.15, 0.2) is 30.3 Å². The Hall–Kier alpha value is -2.10. The zero-order valence-electron chi connectivity index (χ0n) is 14.7. The zero-order valence-corrected chi connectivity index (χ0v) is 14.7. The van der Waals surface area contributed by atoms with Crippen molar-refractivity contribution in [3.63, 3.8) is 0 Å². The van der Waals surface area contributed by atoms with Gasteiger partial charge in [-0.2, -0.15) is 5.10 Å². The van der Waals surface area contributed by atoms with Crippen molar-refractivity contribution >= 4 is 5.91 Å². The number of nitrogens with zero attached hydrogens (tertiary/aromatic N) is 2. The number of carbonyl (C=O) groups is 1. The van der Waals surface area contributed by atoms with Gasteiger partial charge in [0.2, 0.25) is 5.91 Å². The number of hydrogen-bond donors (Lipinski definition) is 1. The maximum absolute atomic E-state index is 12.2. The van der Waals surface area contributed by atoms with Crippen molar-refractivity contribution < 1.29 is 4.79 Å². The molecule has 128 valence electrons. The van der Waals surface area contributed by atoms with E-state index in [1.54, 1.807) is 0 Å². The first-order valence-corrected chi connectivity index (χ1v) is 8.97. The fourth-order valence-electron chi connectivity index (χ4n) is 3.64. The lowest BCUT2D eigenvalue weighted by Gasteiger charge is -2.10. The van der Waals surface area contributed by atoms with Crippen LogP contribution in [0.25, 0.3) is 0 Å². The van der Waals surface area contributed by atoms with Gasteiger partial charge in [-0.3, -0.25) is 9.48 Å². The van der Waals surface area contributed by atoms with Crippen molar-refractivity contribution in [3.8, 4) is 0 Å².